The minimum Gasteiger partial charge on any atom is -0.394 e. The first kappa shape index (κ1) is 13.8. The Balaban J connectivity index is 3.32. The smallest absolute Gasteiger partial charge is 0.101 e. The summed E-state index contributed by atoms with van der Waals surface area (Å²) in [6.07, 6.45) is -1.52. The van der Waals surface area contributed by atoms with E-state index < -0.39 is 12.2 Å². The lowest BCUT2D eigenvalue weighted by Gasteiger charge is -2.15. The summed E-state index contributed by atoms with van der Waals surface area (Å²) in [7, 11) is 0. The standard InChI is InChI=1S/C9H20O5/c1-7(11)4-13-5-9(12)6-14-8(2)3-10/h7-12H,3-6H2,1-2H3. The minimum atomic E-state index is -0.720. The molecule has 0 aliphatic heterocycles. The van der Waals surface area contributed by atoms with Gasteiger partial charge in [0.05, 0.1) is 38.6 Å². The second-order valence-electron chi connectivity index (χ2n) is 3.37. The Hall–Kier alpha value is -0.200. The molecule has 3 N–H and O–H groups in total. The van der Waals surface area contributed by atoms with Gasteiger partial charge in [-0.05, 0) is 13.8 Å². The van der Waals surface area contributed by atoms with Gasteiger partial charge in [-0.3, -0.25) is 0 Å². The molecular weight excluding hydrogens is 188 g/mol. The number of hydrogen-bond acceptors (Lipinski definition) is 5. The summed E-state index contributed by atoms with van der Waals surface area (Å²) in [4.78, 5) is 0. The Kier molecular flexibility index (Phi) is 8.02. The van der Waals surface area contributed by atoms with Crippen molar-refractivity contribution in [2.24, 2.45) is 0 Å². The third kappa shape index (κ3) is 8.40. The largest absolute Gasteiger partial charge is 0.394 e. The number of ether oxygens (including phenoxy) is 2. The van der Waals surface area contributed by atoms with Gasteiger partial charge in [0.15, 0.2) is 0 Å². The first-order valence-corrected chi connectivity index (χ1v) is 4.72. The van der Waals surface area contributed by atoms with Crippen molar-refractivity contribution in [1.82, 2.24) is 0 Å². The van der Waals surface area contributed by atoms with Crippen molar-refractivity contribution in [1.29, 1.82) is 0 Å². The number of aliphatic hydroxyl groups excluding tert-OH is 3. The molecule has 0 heterocycles. The maximum atomic E-state index is 9.29. The summed E-state index contributed by atoms with van der Waals surface area (Å²) in [6, 6.07) is 0. The van der Waals surface area contributed by atoms with Crippen molar-refractivity contribution in [3.63, 3.8) is 0 Å². The van der Waals surface area contributed by atoms with E-state index in [4.69, 9.17) is 19.7 Å². The monoisotopic (exact) mass is 208 g/mol. The van der Waals surface area contributed by atoms with E-state index in [2.05, 4.69) is 0 Å². The third-order valence-electron chi connectivity index (χ3n) is 1.50. The van der Waals surface area contributed by atoms with Crippen molar-refractivity contribution >= 4 is 0 Å². The van der Waals surface area contributed by atoms with Crippen molar-refractivity contribution in [2.75, 3.05) is 26.4 Å². The molecular formula is C9H20O5. The summed E-state index contributed by atoms with van der Waals surface area (Å²) in [5, 5.41) is 26.8. The molecule has 3 unspecified atom stereocenters. The fraction of sp³-hybridized carbons (Fsp3) is 1.00. The van der Waals surface area contributed by atoms with Gasteiger partial charge in [-0.15, -0.1) is 0 Å². The summed E-state index contributed by atoms with van der Waals surface area (Å²) in [5.41, 5.74) is 0. The molecule has 14 heavy (non-hydrogen) atoms. The summed E-state index contributed by atoms with van der Waals surface area (Å²) >= 11 is 0. The average molecular weight is 208 g/mol. The predicted octanol–water partition coefficient (Wildman–Crippen LogP) is -0.858. The molecule has 0 aliphatic carbocycles. The molecule has 0 bridgehead atoms. The molecule has 0 radical (unpaired) electrons. The zero-order chi connectivity index (χ0) is 11.0. The fourth-order valence-electron chi connectivity index (χ4n) is 0.751. The van der Waals surface area contributed by atoms with E-state index in [0.29, 0.717) is 0 Å². The van der Waals surface area contributed by atoms with E-state index in [1.54, 1.807) is 13.8 Å². The van der Waals surface area contributed by atoms with Crippen LogP contribution in [0.1, 0.15) is 13.8 Å². The molecule has 0 aromatic rings. The van der Waals surface area contributed by atoms with Crippen molar-refractivity contribution in [2.45, 2.75) is 32.2 Å². The van der Waals surface area contributed by atoms with Gasteiger partial charge in [-0.25, -0.2) is 0 Å². The lowest BCUT2D eigenvalue weighted by molar-refractivity contribution is -0.0607. The van der Waals surface area contributed by atoms with E-state index in [9.17, 15) is 5.11 Å². The molecule has 0 aromatic heterocycles. The predicted molar refractivity (Wildman–Crippen MR) is 51.0 cm³/mol. The molecule has 5 nitrogen and oxygen atoms in total. The van der Waals surface area contributed by atoms with Crippen molar-refractivity contribution < 1.29 is 24.8 Å². The van der Waals surface area contributed by atoms with E-state index >= 15 is 0 Å². The van der Waals surface area contributed by atoms with Crippen LogP contribution in [0.3, 0.4) is 0 Å². The maximum absolute atomic E-state index is 9.29. The molecule has 0 saturated carbocycles. The molecule has 0 amide bonds. The normalized spacial score (nSPS) is 17.8. The van der Waals surface area contributed by atoms with Crippen molar-refractivity contribution in [3.8, 4) is 0 Å². The first-order valence-electron chi connectivity index (χ1n) is 4.72. The molecule has 0 aromatic carbocycles. The second-order valence-corrected chi connectivity index (χ2v) is 3.37. The number of rotatable bonds is 8. The zero-order valence-electron chi connectivity index (χ0n) is 8.72. The van der Waals surface area contributed by atoms with Gasteiger partial charge < -0.3 is 24.8 Å². The van der Waals surface area contributed by atoms with E-state index in [1.807, 2.05) is 0 Å². The van der Waals surface area contributed by atoms with Crippen LogP contribution in [0.5, 0.6) is 0 Å². The average Bonchev–Trinajstić information content (AvgIpc) is 2.13. The van der Waals surface area contributed by atoms with Crippen LogP contribution < -0.4 is 0 Å². The lowest BCUT2D eigenvalue weighted by atomic mass is 10.4. The van der Waals surface area contributed by atoms with E-state index in [1.165, 1.54) is 0 Å². The third-order valence-corrected chi connectivity index (χ3v) is 1.50. The second kappa shape index (κ2) is 8.14. The Labute approximate surface area is 84.3 Å². The Morgan fingerprint density at radius 3 is 2.21 bits per heavy atom. The SMILES string of the molecule is CC(O)COCC(O)COC(C)CO. The van der Waals surface area contributed by atoms with Crippen LogP contribution >= 0.6 is 0 Å². The van der Waals surface area contributed by atoms with Crippen LogP contribution in [0.15, 0.2) is 0 Å². The molecule has 3 atom stereocenters. The molecule has 0 fully saturated rings. The lowest BCUT2D eigenvalue weighted by Crippen LogP contribution is -2.27. The first-order chi connectivity index (χ1) is 6.56. The summed E-state index contributed by atoms with van der Waals surface area (Å²) < 4.78 is 10.0. The molecule has 86 valence electrons. The zero-order valence-corrected chi connectivity index (χ0v) is 8.72. The van der Waals surface area contributed by atoms with Gasteiger partial charge in [0.2, 0.25) is 0 Å². The number of aliphatic hydroxyl groups is 3. The summed E-state index contributed by atoms with van der Waals surface area (Å²) in [6.45, 7) is 3.71. The van der Waals surface area contributed by atoms with Gasteiger partial charge in [-0.1, -0.05) is 0 Å². The van der Waals surface area contributed by atoms with E-state index in [-0.39, 0.29) is 32.5 Å². The van der Waals surface area contributed by atoms with Gasteiger partial charge in [0.25, 0.3) is 0 Å². The van der Waals surface area contributed by atoms with Gasteiger partial charge in [0.1, 0.15) is 6.10 Å². The molecule has 0 aliphatic rings. The molecule has 0 saturated heterocycles. The quantitative estimate of drug-likeness (QED) is 0.484. The van der Waals surface area contributed by atoms with Crippen LogP contribution in [0.25, 0.3) is 0 Å². The van der Waals surface area contributed by atoms with Crippen LogP contribution in [0, 0.1) is 0 Å². The van der Waals surface area contributed by atoms with Crippen LogP contribution in [0.4, 0.5) is 0 Å². The summed E-state index contributed by atoms with van der Waals surface area (Å²) in [5.74, 6) is 0. The number of hydrogen-bond donors (Lipinski definition) is 3. The maximum Gasteiger partial charge on any atom is 0.101 e. The Morgan fingerprint density at radius 2 is 1.71 bits per heavy atom. The van der Waals surface area contributed by atoms with Crippen LogP contribution in [-0.4, -0.2) is 60.1 Å². The topological polar surface area (TPSA) is 79.2 Å². The Bertz CT molecular complexity index is 128. The van der Waals surface area contributed by atoms with Crippen LogP contribution in [0.2, 0.25) is 0 Å². The molecule has 5 heteroatoms. The van der Waals surface area contributed by atoms with Crippen molar-refractivity contribution in [3.05, 3.63) is 0 Å². The van der Waals surface area contributed by atoms with Crippen LogP contribution in [-0.2, 0) is 9.47 Å². The van der Waals surface area contributed by atoms with Gasteiger partial charge in [0, 0.05) is 0 Å². The highest BCUT2D eigenvalue weighted by Crippen LogP contribution is 1.94. The van der Waals surface area contributed by atoms with E-state index in [0.717, 1.165) is 0 Å². The van der Waals surface area contributed by atoms with Gasteiger partial charge >= 0.3 is 0 Å². The molecule has 0 spiro atoms. The fourth-order valence-corrected chi connectivity index (χ4v) is 0.751. The highest BCUT2D eigenvalue weighted by Gasteiger charge is 2.08. The van der Waals surface area contributed by atoms with Gasteiger partial charge in [-0.2, -0.15) is 0 Å². The molecule has 0 rings (SSSR count). The highest BCUT2D eigenvalue weighted by molar-refractivity contribution is 4.54. The minimum absolute atomic E-state index is 0.0682. The Morgan fingerprint density at radius 1 is 1.07 bits per heavy atom. The highest BCUT2D eigenvalue weighted by atomic mass is 16.5.